The van der Waals surface area contributed by atoms with E-state index in [2.05, 4.69) is 31.2 Å². The van der Waals surface area contributed by atoms with Gasteiger partial charge in [-0.3, -0.25) is 0 Å². The van der Waals surface area contributed by atoms with Crippen LogP contribution in [0.15, 0.2) is 0 Å². The number of hydrogen-bond donors (Lipinski definition) is 1. The number of hydrogen-bond acceptors (Lipinski definition) is 2. The third-order valence-corrected chi connectivity index (χ3v) is 3.55. The topological polar surface area (TPSA) is 15.3 Å². The van der Waals surface area contributed by atoms with Gasteiger partial charge in [-0.05, 0) is 58.8 Å². The molecule has 0 bridgehead atoms. The van der Waals surface area contributed by atoms with Crippen molar-refractivity contribution in [3.05, 3.63) is 0 Å². The minimum absolute atomic E-state index is 0.804. The van der Waals surface area contributed by atoms with E-state index in [1.165, 1.54) is 51.6 Å². The van der Waals surface area contributed by atoms with E-state index < -0.39 is 0 Å². The largest absolute Gasteiger partial charge is 0.314 e. The Balaban J connectivity index is 1.99. The van der Waals surface area contributed by atoms with Crippen molar-refractivity contribution in [2.45, 2.75) is 51.5 Å². The Labute approximate surface area is 95.4 Å². The molecule has 1 aliphatic carbocycles. The average molecular weight is 212 g/mol. The van der Waals surface area contributed by atoms with E-state index in [0.717, 1.165) is 12.0 Å². The van der Waals surface area contributed by atoms with Gasteiger partial charge in [0.25, 0.3) is 0 Å². The highest BCUT2D eigenvalue weighted by Crippen LogP contribution is 2.23. The third kappa shape index (κ3) is 5.53. The maximum Gasteiger partial charge on any atom is 0.00926 e. The molecule has 2 unspecified atom stereocenters. The average Bonchev–Trinajstić information content (AvgIpc) is 2.20. The number of unbranched alkanes of at least 4 members (excludes halogenated alkanes) is 1. The van der Waals surface area contributed by atoms with Gasteiger partial charge < -0.3 is 10.2 Å². The lowest BCUT2D eigenvalue weighted by molar-refractivity contribution is 0.278. The van der Waals surface area contributed by atoms with Crippen molar-refractivity contribution in [3.8, 4) is 0 Å². The fraction of sp³-hybridized carbons (Fsp3) is 1.00. The van der Waals surface area contributed by atoms with E-state index in [1.807, 2.05) is 0 Å². The van der Waals surface area contributed by atoms with Crippen molar-refractivity contribution in [2.75, 3.05) is 27.2 Å². The van der Waals surface area contributed by atoms with Crippen molar-refractivity contribution in [3.63, 3.8) is 0 Å². The lowest BCUT2D eigenvalue weighted by Crippen LogP contribution is -2.37. The first-order valence-electron chi connectivity index (χ1n) is 6.58. The van der Waals surface area contributed by atoms with E-state index in [-0.39, 0.29) is 0 Å². The van der Waals surface area contributed by atoms with E-state index in [0.29, 0.717) is 0 Å². The predicted molar refractivity (Wildman–Crippen MR) is 67.2 cm³/mol. The Bertz CT molecular complexity index is 157. The highest BCUT2D eigenvalue weighted by atomic mass is 15.0. The second-order valence-corrected chi connectivity index (χ2v) is 5.33. The second-order valence-electron chi connectivity index (χ2n) is 5.33. The molecular weight excluding hydrogens is 184 g/mol. The molecule has 2 atom stereocenters. The molecule has 15 heavy (non-hydrogen) atoms. The van der Waals surface area contributed by atoms with Gasteiger partial charge in [0.1, 0.15) is 0 Å². The summed E-state index contributed by atoms with van der Waals surface area (Å²) in [7, 11) is 4.30. The Hall–Kier alpha value is -0.0800. The Morgan fingerprint density at radius 1 is 1.13 bits per heavy atom. The van der Waals surface area contributed by atoms with Gasteiger partial charge in [0, 0.05) is 6.04 Å². The normalized spacial score (nSPS) is 27.2. The summed E-state index contributed by atoms with van der Waals surface area (Å²) in [6.45, 7) is 4.83. The molecular formula is C13H28N2. The monoisotopic (exact) mass is 212 g/mol. The van der Waals surface area contributed by atoms with Crippen LogP contribution in [0, 0.1) is 5.92 Å². The fourth-order valence-electron chi connectivity index (χ4n) is 2.46. The SMILES string of the molecule is CC1CCCCC1NCCCCN(C)C. The van der Waals surface area contributed by atoms with Crippen LogP contribution in [-0.2, 0) is 0 Å². The van der Waals surface area contributed by atoms with Crippen molar-refractivity contribution in [2.24, 2.45) is 5.92 Å². The predicted octanol–water partition coefficient (Wildman–Crippen LogP) is 2.50. The van der Waals surface area contributed by atoms with Gasteiger partial charge in [0.05, 0.1) is 0 Å². The molecule has 2 heteroatoms. The first-order valence-corrected chi connectivity index (χ1v) is 6.58. The summed E-state index contributed by atoms with van der Waals surface area (Å²) in [5.74, 6) is 0.896. The van der Waals surface area contributed by atoms with Crippen LogP contribution in [0.3, 0.4) is 0 Å². The molecule has 90 valence electrons. The standard InChI is InChI=1S/C13H28N2/c1-12-8-4-5-9-13(12)14-10-6-7-11-15(2)3/h12-14H,4-11H2,1-3H3. The Kier molecular flexibility index (Phi) is 6.26. The molecule has 1 fully saturated rings. The van der Waals surface area contributed by atoms with Crippen LogP contribution < -0.4 is 5.32 Å². The zero-order chi connectivity index (χ0) is 11.1. The van der Waals surface area contributed by atoms with Crippen LogP contribution in [0.2, 0.25) is 0 Å². The molecule has 0 aromatic carbocycles. The number of nitrogens with one attached hydrogen (secondary N) is 1. The molecule has 0 aliphatic heterocycles. The summed E-state index contributed by atoms with van der Waals surface area (Å²) in [5, 5.41) is 3.73. The van der Waals surface area contributed by atoms with Crippen LogP contribution in [0.1, 0.15) is 45.4 Å². The number of nitrogens with zero attached hydrogens (tertiary/aromatic N) is 1. The maximum absolute atomic E-state index is 3.73. The van der Waals surface area contributed by atoms with Crippen LogP contribution in [0.25, 0.3) is 0 Å². The van der Waals surface area contributed by atoms with Crippen LogP contribution >= 0.6 is 0 Å². The smallest absolute Gasteiger partial charge is 0.00926 e. The van der Waals surface area contributed by atoms with Gasteiger partial charge in [0.15, 0.2) is 0 Å². The molecule has 2 nitrogen and oxygen atoms in total. The van der Waals surface area contributed by atoms with Crippen LogP contribution in [0.5, 0.6) is 0 Å². The number of rotatable bonds is 6. The van der Waals surface area contributed by atoms with Crippen molar-refractivity contribution < 1.29 is 0 Å². The van der Waals surface area contributed by atoms with E-state index in [9.17, 15) is 0 Å². The molecule has 0 spiro atoms. The second kappa shape index (κ2) is 7.24. The Morgan fingerprint density at radius 2 is 1.87 bits per heavy atom. The molecule has 0 amide bonds. The summed E-state index contributed by atoms with van der Waals surface area (Å²) < 4.78 is 0. The first kappa shape index (κ1) is 13.0. The molecule has 0 aromatic heterocycles. The van der Waals surface area contributed by atoms with Gasteiger partial charge in [-0.2, -0.15) is 0 Å². The van der Waals surface area contributed by atoms with Crippen molar-refractivity contribution in [1.82, 2.24) is 10.2 Å². The molecule has 1 saturated carbocycles. The minimum atomic E-state index is 0.804. The summed E-state index contributed by atoms with van der Waals surface area (Å²) in [6.07, 6.45) is 8.34. The van der Waals surface area contributed by atoms with Gasteiger partial charge >= 0.3 is 0 Å². The van der Waals surface area contributed by atoms with E-state index in [4.69, 9.17) is 0 Å². The van der Waals surface area contributed by atoms with Crippen LogP contribution in [0.4, 0.5) is 0 Å². The molecule has 1 rings (SSSR count). The molecule has 1 aliphatic rings. The van der Waals surface area contributed by atoms with Gasteiger partial charge in [-0.25, -0.2) is 0 Å². The third-order valence-electron chi connectivity index (χ3n) is 3.55. The van der Waals surface area contributed by atoms with Gasteiger partial charge in [-0.15, -0.1) is 0 Å². The quantitative estimate of drug-likeness (QED) is 0.681. The molecule has 0 heterocycles. The van der Waals surface area contributed by atoms with Crippen molar-refractivity contribution in [1.29, 1.82) is 0 Å². The lowest BCUT2D eigenvalue weighted by atomic mass is 9.86. The highest BCUT2D eigenvalue weighted by molar-refractivity contribution is 4.77. The Morgan fingerprint density at radius 3 is 2.53 bits per heavy atom. The fourth-order valence-corrected chi connectivity index (χ4v) is 2.46. The molecule has 0 radical (unpaired) electrons. The lowest BCUT2D eigenvalue weighted by Gasteiger charge is -2.29. The van der Waals surface area contributed by atoms with E-state index in [1.54, 1.807) is 0 Å². The van der Waals surface area contributed by atoms with E-state index >= 15 is 0 Å². The first-order chi connectivity index (χ1) is 7.20. The van der Waals surface area contributed by atoms with Gasteiger partial charge in [0.2, 0.25) is 0 Å². The van der Waals surface area contributed by atoms with Gasteiger partial charge in [-0.1, -0.05) is 19.8 Å². The summed E-state index contributed by atoms with van der Waals surface area (Å²) in [5.41, 5.74) is 0. The maximum atomic E-state index is 3.73. The van der Waals surface area contributed by atoms with Crippen LogP contribution in [-0.4, -0.2) is 38.1 Å². The molecule has 1 N–H and O–H groups in total. The highest BCUT2D eigenvalue weighted by Gasteiger charge is 2.19. The summed E-state index contributed by atoms with van der Waals surface area (Å²) >= 11 is 0. The van der Waals surface area contributed by atoms with Crippen molar-refractivity contribution >= 4 is 0 Å². The summed E-state index contributed by atoms with van der Waals surface area (Å²) in [4.78, 5) is 2.27. The zero-order valence-electron chi connectivity index (χ0n) is 10.8. The minimum Gasteiger partial charge on any atom is -0.314 e. The summed E-state index contributed by atoms with van der Waals surface area (Å²) in [6, 6.07) is 0.804. The molecule has 0 saturated heterocycles. The molecule has 0 aromatic rings. The zero-order valence-corrected chi connectivity index (χ0v) is 10.8.